The standard InChI is InChI=1S/C21H20N4O4S/c1-15(20-8-3-4-13-22-20)23-24-21(26)16-6-5-7-19(14-16)30(27,28)25-17-9-11-18(29-2)12-10-17/h3-14,25H,1-2H3,(H,24,26)/b23-15+. The summed E-state index contributed by atoms with van der Waals surface area (Å²) >= 11 is 0. The number of rotatable bonds is 7. The Bertz CT molecular complexity index is 1160. The van der Waals surface area contributed by atoms with E-state index in [0.29, 0.717) is 22.8 Å². The summed E-state index contributed by atoms with van der Waals surface area (Å²) in [5.41, 5.74) is 4.10. The first-order valence-electron chi connectivity index (χ1n) is 8.92. The molecule has 8 nitrogen and oxygen atoms in total. The maximum atomic E-state index is 12.7. The third-order valence-corrected chi connectivity index (χ3v) is 5.49. The molecule has 9 heteroatoms. The normalized spacial score (nSPS) is 11.6. The lowest BCUT2D eigenvalue weighted by Crippen LogP contribution is -2.20. The van der Waals surface area contributed by atoms with E-state index in [0.717, 1.165) is 0 Å². The maximum absolute atomic E-state index is 12.7. The van der Waals surface area contributed by atoms with Gasteiger partial charge in [-0.3, -0.25) is 14.5 Å². The number of carbonyl (C=O) groups is 1. The molecule has 3 aromatic rings. The number of ether oxygens (including phenoxy) is 1. The first-order chi connectivity index (χ1) is 14.4. The highest BCUT2D eigenvalue weighted by molar-refractivity contribution is 7.92. The van der Waals surface area contributed by atoms with Crippen molar-refractivity contribution in [2.45, 2.75) is 11.8 Å². The first kappa shape index (κ1) is 21.0. The van der Waals surface area contributed by atoms with Crippen molar-refractivity contribution in [3.8, 4) is 5.75 Å². The van der Waals surface area contributed by atoms with E-state index >= 15 is 0 Å². The minimum Gasteiger partial charge on any atom is -0.497 e. The van der Waals surface area contributed by atoms with Crippen LogP contribution in [-0.4, -0.2) is 32.1 Å². The molecule has 2 aromatic carbocycles. The molecule has 0 bridgehead atoms. The van der Waals surface area contributed by atoms with Crippen molar-refractivity contribution in [3.63, 3.8) is 0 Å². The van der Waals surface area contributed by atoms with Gasteiger partial charge in [0.25, 0.3) is 15.9 Å². The molecule has 0 unspecified atom stereocenters. The van der Waals surface area contributed by atoms with Gasteiger partial charge in [0.05, 0.1) is 23.4 Å². The van der Waals surface area contributed by atoms with Crippen LogP contribution in [0, 0.1) is 0 Å². The molecule has 1 heterocycles. The van der Waals surface area contributed by atoms with Crippen molar-refractivity contribution in [1.29, 1.82) is 0 Å². The zero-order chi connectivity index (χ0) is 21.6. The van der Waals surface area contributed by atoms with Gasteiger partial charge in [-0.05, 0) is 61.5 Å². The number of methoxy groups -OCH3 is 1. The number of nitrogens with zero attached hydrogens (tertiary/aromatic N) is 2. The van der Waals surface area contributed by atoms with Crippen molar-refractivity contribution in [2.75, 3.05) is 11.8 Å². The van der Waals surface area contributed by atoms with Crippen LogP contribution < -0.4 is 14.9 Å². The van der Waals surface area contributed by atoms with Crippen LogP contribution in [0.4, 0.5) is 5.69 Å². The predicted octanol–water partition coefficient (Wildman–Crippen LogP) is 3.05. The van der Waals surface area contributed by atoms with Crippen LogP contribution in [0.3, 0.4) is 0 Å². The Hall–Kier alpha value is -3.72. The number of carbonyl (C=O) groups excluding carboxylic acids is 1. The highest BCUT2D eigenvalue weighted by Crippen LogP contribution is 2.20. The third-order valence-electron chi connectivity index (χ3n) is 4.11. The molecule has 0 radical (unpaired) electrons. The molecule has 0 saturated heterocycles. The summed E-state index contributed by atoms with van der Waals surface area (Å²) in [6.45, 7) is 1.71. The lowest BCUT2D eigenvalue weighted by atomic mass is 10.2. The summed E-state index contributed by atoms with van der Waals surface area (Å²) in [5.74, 6) is 0.0740. The number of hydrazone groups is 1. The Labute approximate surface area is 174 Å². The minimum absolute atomic E-state index is 0.0450. The molecule has 0 aliphatic carbocycles. The molecule has 1 amide bonds. The molecular formula is C21H20N4O4S. The number of amides is 1. The lowest BCUT2D eigenvalue weighted by Gasteiger charge is -2.10. The fraction of sp³-hybridized carbons (Fsp3) is 0.0952. The van der Waals surface area contributed by atoms with Gasteiger partial charge in [0.1, 0.15) is 5.75 Å². The lowest BCUT2D eigenvalue weighted by molar-refractivity contribution is 0.0954. The Kier molecular flexibility index (Phi) is 6.43. The maximum Gasteiger partial charge on any atom is 0.271 e. The number of anilines is 1. The smallest absolute Gasteiger partial charge is 0.271 e. The van der Waals surface area contributed by atoms with Gasteiger partial charge in [-0.15, -0.1) is 0 Å². The Morgan fingerprint density at radius 3 is 2.47 bits per heavy atom. The molecule has 0 spiro atoms. The fourth-order valence-electron chi connectivity index (χ4n) is 2.51. The van der Waals surface area contributed by atoms with E-state index in [1.54, 1.807) is 49.5 Å². The van der Waals surface area contributed by atoms with Gasteiger partial charge in [0, 0.05) is 17.4 Å². The van der Waals surface area contributed by atoms with Crippen molar-refractivity contribution < 1.29 is 17.9 Å². The topological polar surface area (TPSA) is 110 Å². The SMILES string of the molecule is COc1ccc(NS(=O)(=O)c2cccc(C(=O)N/N=C(\C)c3ccccn3)c2)cc1. The Morgan fingerprint density at radius 2 is 1.80 bits per heavy atom. The summed E-state index contributed by atoms with van der Waals surface area (Å²) in [5, 5.41) is 4.02. The van der Waals surface area contributed by atoms with E-state index in [1.807, 2.05) is 6.07 Å². The second kappa shape index (κ2) is 9.19. The minimum atomic E-state index is -3.88. The molecule has 3 rings (SSSR count). The third kappa shape index (κ3) is 5.21. The van der Waals surface area contributed by atoms with Crippen molar-refractivity contribution >= 4 is 27.3 Å². The predicted molar refractivity (Wildman–Crippen MR) is 114 cm³/mol. The van der Waals surface area contributed by atoms with Gasteiger partial charge >= 0.3 is 0 Å². The molecule has 0 saturated carbocycles. The van der Waals surface area contributed by atoms with Gasteiger partial charge in [0.15, 0.2) is 0 Å². The average Bonchev–Trinajstić information content (AvgIpc) is 2.78. The van der Waals surface area contributed by atoms with E-state index < -0.39 is 15.9 Å². The summed E-state index contributed by atoms with van der Waals surface area (Å²) in [6.07, 6.45) is 1.63. The van der Waals surface area contributed by atoms with Gasteiger partial charge in [-0.1, -0.05) is 12.1 Å². The fourth-order valence-corrected chi connectivity index (χ4v) is 3.61. The van der Waals surface area contributed by atoms with Crippen LogP contribution >= 0.6 is 0 Å². The van der Waals surface area contributed by atoms with E-state index in [4.69, 9.17) is 4.74 Å². The monoisotopic (exact) mass is 424 g/mol. The van der Waals surface area contributed by atoms with Crippen LogP contribution in [0.5, 0.6) is 5.75 Å². The van der Waals surface area contributed by atoms with Crippen molar-refractivity contribution in [1.82, 2.24) is 10.4 Å². The molecule has 0 aliphatic rings. The van der Waals surface area contributed by atoms with E-state index in [9.17, 15) is 13.2 Å². The van der Waals surface area contributed by atoms with Crippen molar-refractivity contribution in [2.24, 2.45) is 5.10 Å². The van der Waals surface area contributed by atoms with Gasteiger partial charge in [-0.25, -0.2) is 13.8 Å². The molecule has 2 N–H and O–H groups in total. The van der Waals surface area contributed by atoms with E-state index in [-0.39, 0.29) is 10.5 Å². The summed E-state index contributed by atoms with van der Waals surface area (Å²) in [4.78, 5) is 16.5. The van der Waals surface area contributed by atoms with E-state index in [2.05, 4.69) is 20.2 Å². The Balaban J connectivity index is 1.75. The largest absolute Gasteiger partial charge is 0.497 e. The quantitative estimate of drug-likeness (QED) is 0.447. The number of hydrogen-bond donors (Lipinski definition) is 2. The van der Waals surface area contributed by atoms with Crippen LogP contribution in [0.15, 0.2) is 82.9 Å². The number of hydrogen-bond acceptors (Lipinski definition) is 6. The van der Waals surface area contributed by atoms with Crippen LogP contribution in [0.25, 0.3) is 0 Å². The highest BCUT2D eigenvalue weighted by atomic mass is 32.2. The molecule has 0 fully saturated rings. The average molecular weight is 424 g/mol. The molecular weight excluding hydrogens is 404 g/mol. The summed E-state index contributed by atoms with van der Waals surface area (Å²) < 4.78 is 32.9. The summed E-state index contributed by atoms with van der Waals surface area (Å²) in [6, 6.07) is 17.5. The van der Waals surface area contributed by atoms with Gasteiger partial charge in [0.2, 0.25) is 0 Å². The van der Waals surface area contributed by atoms with Crippen LogP contribution in [-0.2, 0) is 10.0 Å². The van der Waals surface area contributed by atoms with Crippen molar-refractivity contribution in [3.05, 3.63) is 84.2 Å². The summed E-state index contributed by atoms with van der Waals surface area (Å²) in [7, 11) is -2.35. The number of pyridine rings is 1. The van der Waals surface area contributed by atoms with Gasteiger partial charge < -0.3 is 4.74 Å². The first-order valence-corrected chi connectivity index (χ1v) is 10.4. The van der Waals surface area contributed by atoms with Crippen LogP contribution in [0.2, 0.25) is 0 Å². The molecule has 0 aliphatic heterocycles. The zero-order valence-corrected chi connectivity index (χ0v) is 17.2. The molecule has 154 valence electrons. The molecule has 30 heavy (non-hydrogen) atoms. The Morgan fingerprint density at radius 1 is 1.03 bits per heavy atom. The van der Waals surface area contributed by atoms with Crippen LogP contribution in [0.1, 0.15) is 23.0 Å². The van der Waals surface area contributed by atoms with E-state index in [1.165, 1.54) is 31.4 Å². The second-order valence-corrected chi connectivity index (χ2v) is 7.90. The highest BCUT2D eigenvalue weighted by Gasteiger charge is 2.16. The molecule has 0 atom stereocenters. The second-order valence-electron chi connectivity index (χ2n) is 6.21. The zero-order valence-electron chi connectivity index (χ0n) is 16.4. The van der Waals surface area contributed by atoms with Gasteiger partial charge in [-0.2, -0.15) is 5.10 Å². The number of sulfonamides is 1. The number of aromatic nitrogens is 1. The molecule has 1 aromatic heterocycles. The number of benzene rings is 2. The number of nitrogens with one attached hydrogen (secondary N) is 2.